The van der Waals surface area contributed by atoms with E-state index in [-0.39, 0.29) is 10.6 Å². The van der Waals surface area contributed by atoms with Crippen molar-refractivity contribution in [2.75, 3.05) is 5.75 Å². The molecule has 0 aromatic heterocycles. The van der Waals surface area contributed by atoms with Crippen LogP contribution < -0.4 is 0 Å². The van der Waals surface area contributed by atoms with Gasteiger partial charge in [0.25, 0.3) is 20.2 Å². The quantitative estimate of drug-likeness (QED) is 0.649. The van der Waals surface area contributed by atoms with E-state index >= 15 is 0 Å². The Labute approximate surface area is 119 Å². The van der Waals surface area contributed by atoms with Gasteiger partial charge in [0, 0.05) is 0 Å². The van der Waals surface area contributed by atoms with Gasteiger partial charge in [0.15, 0.2) is 0 Å². The minimum absolute atomic E-state index is 0.111. The molecule has 0 aliphatic rings. The van der Waals surface area contributed by atoms with E-state index in [1.807, 2.05) is 0 Å². The van der Waals surface area contributed by atoms with Gasteiger partial charge in [-0.3, -0.25) is 9.11 Å². The fourth-order valence-corrected chi connectivity index (χ4v) is 2.52. The van der Waals surface area contributed by atoms with Crippen molar-refractivity contribution >= 4 is 26.3 Å². The van der Waals surface area contributed by atoms with Crippen molar-refractivity contribution in [2.24, 2.45) is 0 Å². The summed E-state index contributed by atoms with van der Waals surface area (Å²) in [5.74, 6) is -0.340. The van der Waals surface area contributed by atoms with Gasteiger partial charge in [-0.05, 0) is 18.6 Å². The predicted molar refractivity (Wildman–Crippen MR) is 77.6 cm³/mol. The van der Waals surface area contributed by atoms with Gasteiger partial charge in [0.1, 0.15) is 4.90 Å². The molecule has 0 heterocycles. The molecule has 0 unspecified atom stereocenters. The molecule has 0 aliphatic heterocycles. The van der Waals surface area contributed by atoms with Crippen LogP contribution in [-0.4, -0.2) is 31.7 Å². The van der Waals surface area contributed by atoms with E-state index in [2.05, 4.69) is 13.2 Å². The monoisotopic (exact) mass is 320 g/mol. The number of hydrogen-bond acceptors (Lipinski definition) is 4. The zero-order valence-corrected chi connectivity index (χ0v) is 12.5. The lowest BCUT2D eigenvalue weighted by Gasteiger charge is -2.00. The lowest BCUT2D eigenvalue weighted by Crippen LogP contribution is -2.03. The Balaban J connectivity index is 0.000000396. The van der Waals surface area contributed by atoms with Crippen molar-refractivity contribution in [3.8, 4) is 0 Å². The predicted octanol–water partition coefficient (Wildman–Crippen LogP) is 2.03. The van der Waals surface area contributed by atoms with Crippen LogP contribution in [0, 0.1) is 0 Å². The molecule has 0 atom stereocenters. The van der Waals surface area contributed by atoms with Gasteiger partial charge in [0.05, 0.1) is 5.75 Å². The molecule has 1 aromatic carbocycles. The Morgan fingerprint density at radius 1 is 1.20 bits per heavy atom. The Kier molecular flexibility index (Phi) is 6.80. The van der Waals surface area contributed by atoms with Crippen molar-refractivity contribution in [3.63, 3.8) is 0 Å². The third-order valence-electron chi connectivity index (χ3n) is 1.85. The van der Waals surface area contributed by atoms with Gasteiger partial charge < -0.3 is 0 Å². The van der Waals surface area contributed by atoms with Crippen LogP contribution in [0.2, 0.25) is 0 Å². The summed E-state index contributed by atoms with van der Waals surface area (Å²) in [4.78, 5) is -0.111. The minimum atomic E-state index is -4.12. The number of hydrogen-bond donors (Lipinski definition) is 2. The molecule has 6 nitrogen and oxygen atoms in total. The zero-order valence-electron chi connectivity index (χ0n) is 10.9. The molecule has 0 aliphatic carbocycles. The zero-order chi connectivity index (χ0) is 16.0. The molecule has 1 aromatic rings. The third kappa shape index (κ3) is 7.85. The van der Waals surface area contributed by atoms with Crippen LogP contribution in [0.25, 0.3) is 6.08 Å². The molecule has 8 heteroatoms. The van der Waals surface area contributed by atoms with Crippen LogP contribution >= 0.6 is 0 Å². The van der Waals surface area contributed by atoms with Crippen molar-refractivity contribution in [1.82, 2.24) is 0 Å². The second-order valence-electron chi connectivity index (χ2n) is 3.90. The molecule has 112 valence electrons. The fourth-order valence-electron chi connectivity index (χ4n) is 1.20. The lowest BCUT2D eigenvalue weighted by molar-refractivity contribution is 0.481. The molecular weight excluding hydrogens is 304 g/mol. The maximum atomic E-state index is 10.7. The van der Waals surface area contributed by atoms with Crippen molar-refractivity contribution in [3.05, 3.63) is 48.6 Å². The lowest BCUT2D eigenvalue weighted by atomic mass is 10.2. The standard InChI is InChI=1S/C8H8O3S.C4H8O3S/c1-2-7-5-3-4-6-8(7)12(9,10)11;1-4(2)3-8(5,6)7/h2-6H,1H2,(H,9,10,11);1,3H2,2H3,(H,5,6,7). The summed E-state index contributed by atoms with van der Waals surface area (Å²) in [6, 6.07) is 6.10. The molecule has 1 rings (SSSR count). The SMILES string of the molecule is C=C(C)CS(=O)(=O)O.C=Cc1ccccc1S(=O)(=O)O. The van der Waals surface area contributed by atoms with E-state index in [4.69, 9.17) is 9.11 Å². The van der Waals surface area contributed by atoms with Crippen molar-refractivity contribution < 1.29 is 25.9 Å². The minimum Gasteiger partial charge on any atom is -0.285 e. The first kappa shape index (κ1) is 18.5. The molecule has 0 fully saturated rings. The molecule has 0 saturated carbocycles. The van der Waals surface area contributed by atoms with E-state index in [1.54, 1.807) is 12.1 Å². The molecule has 0 bridgehead atoms. The molecule has 0 amide bonds. The van der Waals surface area contributed by atoms with Crippen LogP contribution in [0.5, 0.6) is 0 Å². The highest BCUT2D eigenvalue weighted by Gasteiger charge is 2.11. The number of rotatable bonds is 4. The average molecular weight is 320 g/mol. The van der Waals surface area contributed by atoms with Crippen LogP contribution in [0.15, 0.2) is 47.9 Å². The highest BCUT2D eigenvalue weighted by atomic mass is 32.2. The summed E-state index contributed by atoms with van der Waals surface area (Å²) in [7, 11) is -7.94. The second-order valence-corrected chi connectivity index (χ2v) is 6.74. The summed E-state index contributed by atoms with van der Waals surface area (Å²) in [5.41, 5.74) is 0.840. The van der Waals surface area contributed by atoms with Crippen molar-refractivity contribution in [2.45, 2.75) is 11.8 Å². The Morgan fingerprint density at radius 3 is 1.95 bits per heavy atom. The van der Waals surface area contributed by atoms with Crippen LogP contribution in [0.1, 0.15) is 12.5 Å². The normalized spacial score (nSPS) is 11.2. The smallest absolute Gasteiger partial charge is 0.285 e. The maximum absolute atomic E-state index is 10.7. The molecule has 0 radical (unpaired) electrons. The van der Waals surface area contributed by atoms with Gasteiger partial charge in [-0.1, -0.05) is 43.0 Å². The maximum Gasteiger partial charge on any atom is 0.295 e. The summed E-state index contributed by atoms with van der Waals surface area (Å²) in [6.45, 7) is 8.27. The summed E-state index contributed by atoms with van der Waals surface area (Å²) in [6.07, 6.45) is 1.38. The van der Waals surface area contributed by atoms with Gasteiger partial charge in [-0.15, -0.1) is 0 Å². The summed E-state index contributed by atoms with van der Waals surface area (Å²) >= 11 is 0. The first-order valence-corrected chi connectivity index (χ1v) is 8.31. The molecular formula is C12H16O6S2. The summed E-state index contributed by atoms with van der Waals surface area (Å²) < 4.78 is 58.1. The Morgan fingerprint density at radius 2 is 1.70 bits per heavy atom. The topological polar surface area (TPSA) is 109 Å². The van der Waals surface area contributed by atoms with Crippen LogP contribution in [0.3, 0.4) is 0 Å². The van der Waals surface area contributed by atoms with Gasteiger partial charge >= 0.3 is 0 Å². The van der Waals surface area contributed by atoms with Crippen LogP contribution in [-0.2, 0) is 20.2 Å². The largest absolute Gasteiger partial charge is 0.295 e. The van der Waals surface area contributed by atoms with E-state index in [0.29, 0.717) is 11.1 Å². The highest BCUT2D eigenvalue weighted by Crippen LogP contribution is 2.15. The Hall–Kier alpha value is -1.48. The molecule has 0 saturated heterocycles. The van der Waals surface area contributed by atoms with E-state index in [9.17, 15) is 16.8 Å². The number of benzene rings is 1. The van der Waals surface area contributed by atoms with E-state index in [0.717, 1.165) is 0 Å². The average Bonchev–Trinajstić information content (AvgIpc) is 2.25. The fraction of sp³-hybridized carbons (Fsp3) is 0.167. The van der Waals surface area contributed by atoms with Gasteiger partial charge in [0.2, 0.25) is 0 Å². The first-order valence-electron chi connectivity index (χ1n) is 5.26. The third-order valence-corrected chi connectivity index (χ3v) is 3.63. The highest BCUT2D eigenvalue weighted by molar-refractivity contribution is 7.86. The second kappa shape index (κ2) is 7.34. The Bertz CT molecular complexity index is 686. The first-order chi connectivity index (χ1) is 8.97. The van der Waals surface area contributed by atoms with Gasteiger partial charge in [-0.2, -0.15) is 16.8 Å². The molecule has 20 heavy (non-hydrogen) atoms. The molecule has 0 spiro atoms. The van der Waals surface area contributed by atoms with E-state index < -0.39 is 20.2 Å². The van der Waals surface area contributed by atoms with Crippen LogP contribution in [0.4, 0.5) is 0 Å². The van der Waals surface area contributed by atoms with Gasteiger partial charge in [-0.25, -0.2) is 0 Å². The van der Waals surface area contributed by atoms with Crippen molar-refractivity contribution in [1.29, 1.82) is 0 Å². The van der Waals surface area contributed by atoms with E-state index in [1.165, 1.54) is 25.1 Å². The summed E-state index contributed by atoms with van der Waals surface area (Å²) in [5, 5.41) is 0. The molecule has 2 N–H and O–H groups in total.